The van der Waals surface area contributed by atoms with E-state index in [1.165, 1.54) is 36.5 Å². The largest absolute Gasteiger partial charge is 0.371 e. The Labute approximate surface area is 269 Å². The van der Waals surface area contributed by atoms with Gasteiger partial charge < -0.3 is 15.5 Å². The summed E-state index contributed by atoms with van der Waals surface area (Å²) in [5.74, 6) is -0.907. The number of likely N-dealkylation sites (tertiary alicyclic amines) is 1. The molecule has 1 saturated heterocycles. The van der Waals surface area contributed by atoms with Crippen LogP contribution in [0.3, 0.4) is 0 Å². The van der Waals surface area contributed by atoms with Crippen LogP contribution in [0.1, 0.15) is 55.6 Å². The molecule has 3 aromatic carbocycles. The van der Waals surface area contributed by atoms with Crippen molar-refractivity contribution in [1.29, 1.82) is 5.26 Å². The monoisotopic (exact) mass is 646 g/mol. The molecular formula is C33H30Cl2F2N8. The lowest BCUT2D eigenvalue weighted by molar-refractivity contribution is 0.146. The number of aromatic nitrogens is 4. The van der Waals surface area contributed by atoms with Crippen LogP contribution in [0.2, 0.25) is 10.0 Å². The van der Waals surface area contributed by atoms with Gasteiger partial charge in [0, 0.05) is 41.4 Å². The number of pyridine rings is 1. The molecular weight excluding hydrogens is 617 g/mol. The number of nitrogens with zero attached hydrogens (tertiary/aromatic N) is 6. The Balaban J connectivity index is 1.39. The number of halogens is 4. The SMILES string of the molecule is CC(C)N1CCC(n2cc([C@@H](Nc3cc(Cl)cc4c(Nc5ccc(F)c(Cl)c5)c(C#N)cnc34)c3ccc(F)cc3)nn2)CC1. The number of anilines is 3. The number of fused-ring (bicyclic) bond motifs is 1. The Morgan fingerprint density at radius 2 is 1.78 bits per heavy atom. The number of hydrogen-bond acceptors (Lipinski definition) is 7. The summed E-state index contributed by atoms with van der Waals surface area (Å²) in [6.45, 7) is 6.39. The van der Waals surface area contributed by atoms with Gasteiger partial charge in [-0.05, 0) is 74.7 Å². The fourth-order valence-electron chi connectivity index (χ4n) is 5.72. The molecule has 2 aromatic heterocycles. The lowest BCUT2D eigenvalue weighted by atomic mass is 10.0. The highest BCUT2D eigenvalue weighted by Gasteiger charge is 2.26. The van der Waals surface area contributed by atoms with Gasteiger partial charge in [-0.25, -0.2) is 13.5 Å². The predicted molar refractivity (Wildman–Crippen MR) is 173 cm³/mol. The molecule has 5 aromatic rings. The summed E-state index contributed by atoms with van der Waals surface area (Å²) in [6, 6.07) is 16.2. The average molecular weight is 648 g/mol. The van der Waals surface area contributed by atoms with E-state index in [2.05, 4.69) is 50.7 Å². The third-order valence-electron chi connectivity index (χ3n) is 8.18. The molecule has 3 heterocycles. The Bertz CT molecular complexity index is 1880. The summed E-state index contributed by atoms with van der Waals surface area (Å²) < 4.78 is 29.7. The number of nitriles is 1. The molecule has 0 aliphatic carbocycles. The van der Waals surface area contributed by atoms with E-state index in [0.717, 1.165) is 31.5 Å². The normalized spacial score (nSPS) is 14.9. The molecule has 1 aliphatic rings. The molecule has 0 spiro atoms. The van der Waals surface area contributed by atoms with Crippen LogP contribution < -0.4 is 10.6 Å². The van der Waals surface area contributed by atoms with E-state index in [4.69, 9.17) is 23.2 Å². The molecule has 6 rings (SSSR count). The van der Waals surface area contributed by atoms with Gasteiger partial charge >= 0.3 is 0 Å². The molecule has 45 heavy (non-hydrogen) atoms. The fraction of sp³-hybridized carbons (Fsp3) is 0.273. The van der Waals surface area contributed by atoms with Crippen molar-refractivity contribution in [3.63, 3.8) is 0 Å². The van der Waals surface area contributed by atoms with Crippen molar-refractivity contribution in [2.24, 2.45) is 0 Å². The van der Waals surface area contributed by atoms with E-state index in [9.17, 15) is 14.0 Å². The summed E-state index contributed by atoms with van der Waals surface area (Å²) in [4.78, 5) is 7.06. The molecule has 0 amide bonds. The maximum absolute atomic E-state index is 14.0. The van der Waals surface area contributed by atoms with E-state index in [1.807, 2.05) is 10.9 Å². The smallest absolute Gasteiger partial charge is 0.141 e. The van der Waals surface area contributed by atoms with Gasteiger partial charge in [-0.15, -0.1) is 5.10 Å². The molecule has 12 heteroatoms. The topological polar surface area (TPSA) is 94.7 Å². The van der Waals surface area contributed by atoms with Crippen molar-refractivity contribution < 1.29 is 8.78 Å². The van der Waals surface area contributed by atoms with Crippen LogP contribution in [0.15, 0.2) is 67.0 Å². The number of benzene rings is 3. The highest BCUT2D eigenvalue weighted by atomic mass is 35.5. The molecule has 1 fully saturated rings. The lowest BCUT2D eigenvalue weighted by Gasteiger charge is -2.34. The van der Waals surface area contributed by atoms with Crippen LogP contribution in [-0.2, 0) is 0 Å². The highest BCUT2D eigenvalue weighted by molar-refractivity contribution is 6.32. The van der Waals surface area contributed by atoms with Crippen molar-refractivity contribution in [3.05, 3.63) is 105 Å². The average Bonchev–Trinajstić information content (AvgIpc) is 3.52. The van der Waals surface area contributed by atoms with Gasteiger partial charge in [-0.2, -0.15) is 5.26 Å². The van der Waals surface area contributed by atoms with Crippen molar-refractivity contribution in [2.75, 3.05) is 23.7 Å². The highest BCUT2D eigenvalue weighted by Crippen LogP contribution is 2.38. The summed E-state index contributed by atoms with van der Waals surface area (Å²) in [5, 5.41) is 26.6. The molecule has 8 nitrogen and oxygen atoms in total. The predicted octanol–water partition coefficient (Wildman–Crippen LogP) is 8.27. The Hall–Kier alpha value is -4.30. The summed E-state index contributed by atoms with van der Waals surface area (Å²) in [6.07, 6.45) is 5.33. The molecule has 1 aliphatic heterocycles. The minimum absolute atomic E-state index is 0.0575. The molecule has 1 atom stereocenters. The van der Waals surface area contributed by atoms with E-state index in [-0.39, 0.29) is 22.4 Å². The quantitative estimate of drug-likeness (QED) is 0.175. The molecule has 0 saturated carbocycles. The molecule has 0 radical (unpaired) electrons. The second-order valence-corrected chi connectivity index (χ2v) is 12.2. The maximum atomic E-state index is 14.0. The zero-order chi connectivity index (χ0) is 31.7. The van der Waals surface area contributed by atoms with Crippen LogP contribution in [0, 0.1) is 23.0 Å². The summed E-state index contributed by atoms with van der Waals surface area (Å²) >= 11 is 12.7. The summed E-state index contributed by atoms with van der Waals surface area (Å²) in [7, 11) is 0. The number of piperidine rings is 1. The summed E-state index contributed by atoms with van der Waals surface area (Å²) in [5.41, 5.74) is 3.68. The van der Waals surface area contributed by atoms with E-state index in [1.54, 1.807) is 24.3 Å². The zero-order valence-electron chi connectivity index (χ0n) is 24.6. The minimum Gasteiger partial charge on any atom is -0.371 e. The second-order valence-electron chi connectivity index (χ2n) is 11.4. The fourth-order valence-corrected chi connectivity index (χ4v) is 6.12. The first-order valence-electron chi connectivity index (χ1n) is 14.6. The first kappa shape index (κ1) is 30.7. The first-order chi connectivity index (χ1) is 21.7. The minimum atomic E-state index is -0.554. The zero-order valence-corrected chi connectivity index (χ0v) is 26.1. The van der Waals surface area contributed by atoms with Crippen molar-refractivity contribution in [2.45, 2.75) is 44.8 Å². The molecule has 230 valence electrons. The van der Waals surface area contributed by atoms with Crippen LogP contribution in [0.4, 0.5) is 25.8 Å². The number of nitrogens with one attached hydrogen (secondary N) is 2. The second kappa shape index (κ2) is 13.0. The molecule has 0 unspecified atom stereocenters. The van der Waals surface area contributed by atoms with Crippen molar-refractivity contribution in [3.8, 4) is 6.07 Å². The first-order valence-corrected chi connectivity index (χ1v) is 15.4. The number of rotatable bonds is 8. The number of hydrogen-bond donors (Lipinski definition) is 2. The van der Waals surface area contributed by atoms with E-state index < -0.39 is 11.9 Å². The van der Waals surface area contributed by atoms with Crippen molar-refractivity contribution in [1.82, 2.24) is 24.9 Å². The van der Waals surface area contributed by atoms with Gasteiger partial charge in [0.05, 0.1) is 45.8 Å². The Morgan fingerprint density at radius 1 is 1.02 bits per heavy atom. The Morgan fingerprint density at radius 3 is 2.47 bits per heavy atom. The molecule has 0 bridgehead atoms. The van der Waals surface area contributed by atoms with Gasteiger partial charge in [0.15, 0.2) is 0 Å². The van der Waals surface area contributed by atoms with Crippen LogP contribution in [0.5, 0.6) is 0 Å². The van der Waals surface area contributed by atoms with E-state index in [0.29, 0.717) is 44.7 Å². The van der Waals surface area contributed by atoms with Crippen LogP contribution in [-0.4, -0.2) is 44.0 Å². The van der Waals surface area contributed by atoms with Crippen molar-refractivity contribution >= 4 is 51.2 Å². The lowest BCUT2D eigenvalue weighted by Crippen LogP contribution is -2.39. The van der Waals surface area contributed by atoms with Gasteiger partial charge in [0.2, 0.25) is 0 Å². The molecule has 2 N–H and O–H groups in total. The van der Waals surface area contributed by atoms with Gasteiger partial charge in [-0.3, -0.25) is 4.98 Å². The van der Waals surface area contributed by atoms with Gasteiger partial charge in [-0.1, -0.05) is 40.5 Å². The standard InChI is InChI=1S/C33H30Cl2F2N8/c1-19(2)44-11-9-25(10-12-44)45-18-30(42-43-45)32(20-3-5-23(36)6-4-20)41-29-14-22(34)13-26-31(21(16-38)17-39-33(26)29)40-24-7-8-28(37)27(35)15-24/h3-8,13-15,17-19,25,32,41H,9-12H2,1-2H3,(H,39,40)/t32-/m0/s1. The van der Waals surface area contributed by atoms with E-state index >= 15 is 0 Å². The third-order valence-corrected chi connectivity index (χ3v) is 8.68. The van der Waals surface area contributed by atoms with Gasteiger partial charge in [0.1, 0.15) is 23.4 Å². The van der Waals surface area contributed by atoms with Crippen LogP contribution in [0.25, 0.3) is 10.9 Å². The van der Waals surface area contributed by atoms with Crippen LogP contribution >= 0.6 is 23.2 Å². The van der Waals surface area contributed by atoms with Gasteiger partial charge in [0.25, 0.3) is 0 Å². The third kappa shape index (κ3) is 6.57. The maximum Gasteiger partial charge on any atom is 0.141 e. The Kier molecular flexibility index (Phi) is 8.85.